The molecule has 0 spiro atoms. The molecule has 38 heavy (non-hydrogen) atoms. The highest BCUT2D eigenvalue weighted by Gasteiger charge is 2.52. The number of allylic oxidation sites excluding steroid dienone is 1. The Hall–Kier alpha value is -3.54. The predicted octanol–water partition coefficient (Wildman–Crippen LogP) is 2.97. The molecule has 3 N–H and O–H groups in total. The Morgan fingerprint density at radius 1 is 1.13 bits per heavy atom. The highest BCUT2D eigenvalue weighted by molar-refractivity contribution is 8.00. The lowest BCUT2D eigenvalue weighted by Gasteiger charge is -2.47. The molecule has 208 valence electrons. The summed E-state index contributed by atoms with van der Waals surface area (Å²) in [5.41, 5.74) is -0.132. The maximum Gasteiger partial charge on any atom is 0.408 e. The van der Waals surface area contributed by atoms with Gasteiger partial charge in [-0.25, -0.2) is 9.59 Å². The number of thioether (sulfide) groups is 1. The maximum absolute atomic E-state index is 13.4. The summed E-state index contributed by atoms with van der Waals surface area (Å²) in [5, 5.41) is 14.1. The first-order chi connectivity index (χ1) is 17.8. The van der Waals surface area contributed by atoms with E-state index >= 15 is 0 Å². The van der Waals surface area contributed by atoms with Gasteiger partial charge in [0.1, 0.15) is 28.8 Å². The fourth-order valence-corrected chi connectivity index (χ4v) is 4.93. The third-order valence-electron chi connectivity index (χ3n) is 5.21. The number of alkyl carbamates (subject to hydrolysis) is 1. The van der Waals surface area contributed by atoms with E-state index in [9.17, 15) is 29.1 Å². The third-order valence-corrected chi connectivity index (χ3v) is 6.48. The Bertz CT molecular complexity index is 1080. The van der Waals surface area contributed by atoms with Gasteiger partial charge in [-0.3, -0.25) is 19.3 Å². The summed E-state index contributed by atoms with van der Waals surface area (Å²) in [5.74, 6) is -2.77. The molecule has 0 aliphatic carbocycles. The lowest BCUT2D eigenvalue weighted by molar-refractivity contribution is -0.150. The number of carboxylic acids is 1. The normalized spacial score (nSPS) is 17.5. The molecule has 0 bridgehead atoms. The molecule has 1 saturated heterocycles. The van der Waals surface area contributed by atoms with Gasteiger partial charge in [0, 0.05) is 5.75 Å². The second-order valence-electron chi connectivity index (χ2n) is 9.65. The van der Waals surface area contributed by atoms with Crippen molar-refractivity contribution >= 4 is 41.6 Å². The quantitative estimate of drug-likeness (QED) is 0.215. The van der Waals surface area contributed by atoms with Crippen molar-refractivity contribution in [3.8, 4) is 0 Å². The highest BCUT2D eigenvalue weighted by Crippen LogP contribution is 2.35. The number of rotatable bonds is 11. The van der Waals surface area contributed by atoms with Crippen LogP contribution in [0.25, 0.3) is 0 Å². The highest BCUT2D eigenvalue weighted by atomic mass is 32.2. The molecule has 3 amide bonds. The van der Waals surface area contributed by atoms with Crippen molar-refractivity contribution in [1.82, 2.24) is 15.5 Å². The second kappa shape index (κ2) is 13.3. The average molecular weight is 550 g/mol. The van der Waals surface area contributed by atoms with Crippen molar-refractivity contribution in [2.45, 2.75) is 71.0 Å². The van der Waals surface area contributed by atoms with Crippen LogP contribution in [0.5, 0.6) is 0 Å². The molecule has 0 aromatic heterocycles. The first kappa shape index (κ1) is 30.7. The van der Waals surface area contributed by atoms with Crippen LogP contribution in [0, 0.1) is 0 Å². The zero-order chi connectivity index (χ0) is 28.6. The van der Waals surface area contributed by atoms with Crippen molar-refractivity contribution in [3.63, 3.8) is 0 Å². The molecule has 2 rings (SSSR count). The lowest BCUT2D eigenvalue weighted by Crippen LogP contribution is -2.70. The number of nitrogens with one attached hydrogen (secondary N) is 2. The summed E-state index contributed by atoms with van der Waals surface area (Å²) < 4.78 is 10.2. The van der Waals surface area contributed by atoms with Crippen LogP contribution in [0.15, 0.2) is 41.6 Å². The molecule has 1 aliphatic heterocycles. The van der Waals surface area contributed by atoms with Crippen molar-refractivity contribution in [3.05, 3.63) is 47.2 Å². The number of ether oxygens (including phenoxy) is 2. The van der Waals surface area contributed by atoms with Crippen molar-refractivity contribution in [1.29, 1.82) is 0 Å². The van der Waals surface area contributed by atoms with Gasteiger partial charge in [-0.1, -0.05) is 30.3 Å². The fourth-order valence-electron chi connectivity index (χ4n) is 3.67. The van der Waals surface area contributed by atoms with Crippen LogP contribution < -0.4 is 10.6 Å². The van der Waals surface area contributed by atoms with Crippen molar-refractivity contribution in [2.75, 3.05) is 12.4 Å². The summed E-state index contributed by atoms with van der Waals surface area (Å²) >= 11 is 1.15. The molecule has 3 unspecified atom stereocenters. The standard InChI is InChI=1S/C26H35N3O8S/c1-7-36-17(30)13-14-38-23-19(22(32)29(23)20(15(2)3)24(33)34)27-21(31)18(16-11-9-8-10-12-16)28-25(35)37-26(4,5)6/h8-12,18-19,23H,7,13-14H2,1-6H3,(H,27,31)(H,28,35)(H,33,34). The van der Waals surface area contributed by atoms with Crippen LogP contribution in [0.2, 0.25) is 0 Å². The molecule has 1 aliphatic rings. The van der Waals surface area contributed by atoms with Crippen LogP contribution in [0.1, 0.15) is 59.6 Å². The van der Waals surface area contributed by atoms with E-state index in [1.54, 1.807) is 71.9 Å². The Morgan fingerprint density at radius 2 is 1.76 bits per heavy atom. The number of likely N-dealkylation sites (tertiary alicyclic amines) is 1. The summed E-state index contributed by atoms with van der Waals surface area (Å²) in [6, 6.07) is 6.18. The number of aliphatic carboxylic acids is 1. The average Bonchev–Trinajstić information content (AvgIpc) is 2.82. The van der Waals surface area contributed by atoms with Crippen LogP contribution in [0.3, 0.4) is 0 Å². The molecule has 0 saturated carbocycles. The van der Waals surface area contributed by atoms with Gasteiger partial charge in [0.05, 0.1) is 13.0 Å². The number of carbonyl (C=O) groups excluding carboxylic acids is 4. The molecule has 0 radical (unpaired) electrons. The van der Waals surface area contributed by atoms with E-state index in [2.05, 4.69) is 10.6 Å². The largest absolute Gasteiger partial charge is 0.477 e. The molecular weight excluding hydrogens is 514 g/mol. The molecule has 12 heteroatoms. The Morgan fingerprint density at radius 3 is 2.29 bits per heavy atom. The molecule has 1 aromatic carbocycles. The first-order valence-electron chi connectivity index (χ1n) is 12.1. The minimum Gasteiger partial charge on any atom is -0.477 e. The van der Waals surface area contributed by atoms with Crippen molar-refractivity contribution < 1.29 is 38.6 Å². The van der Waals surface area contributed by atoms with Crippen LogP contribution in [-0.2, 0) is 28.7 Å². The molecular formula is C26H35N3O8S. The summed E-state index contributed by atoms with van der Waals surface area (Å²) in [4.78, 5) is 63.8. The van der Waals surface area contributed by atoms with Gasteiger partial charge in [-0.05, 0) is 52.7 Å². The van der Waals surface area contributed by atoms with Crippen LogP contribution >= 0.6 is 11.8 Å². The number of nitrogens with zero attached hydrogens (tertiary/aromatic N) is 1. The topological polar surface area (TPSA) is 151 Å². The van der Waals surface area contributed by atoms with E-state index in [1.165, 1.54) is 0 Å². The van der Waals surface area contributed by atoms with Gasteiger partial charge >= 0.3 is 18.0 Å². The zero-order valence-electron chi connectivity index (χ0n) is 22.4. The van der Waals surface area contributed by atoms with Crippen LogP contribution in [-0.4, -0.2) is 69.2 Å². The molecule has 3 atom stereocenters. The fraction of sp³-hybridized carbons (Fsp3) is 0.500. The van der Waals surface area contributed by atoms with E-state index in [0.717, 1.165) is 16.7 Å². The lowest BCUT2D eigenvalue weighted by atomic mass is 10.0. The van der Waals surface area contributed by atoms with Crippen molar-refractivity contribution in [2.24, 2.45) is 0 Å². The number of benzene rings is 1. The third kappa shape index (κ3) is 8.23. The Kier molecular flexibility index (Phi) is 10.7. The van der Waals surface area contributed by atoms with Gasteiger partial charge in [-0.2, -0.15) is 0 Å². The number of carboxylic acid groups (broad SMARTS) is 1. The zero-order valence-corrected chi connectivity index (χ0v) is 23.2. The van der Waals surface area contributed by atoms with Crippen LogP contribution in [0.4, 0.5) is 4.79 Å². The summed E-state index contributed by atoms with van der Waals surface area (Å²) in [7, 11) is 0. The molecule has 1 fully saturated rings. The monoisotopic (exact) mass is 549 g/mol. The Labute approximate surface area is 226 Å². The number of hydrogen-bond donors (Lipinski definition) is 3. The smallest absolute Gasteiger partial charge is 0.408 e. The van der Waals surface area contributed by atoms with E-state index < -0.39 is 52.9 Å². The van der Waals surface area contributed by atoms with Gasteiger partial charge in [0.2, 0.25) is 5.91 Å². The van der Waals surface area contributed by atoms with E-state index in [1.807, 2.05) is 0 Å². The minimum atomic E-state index is -1.28. The van der Waals surface area contributed by atoms with E-state index in [0.29, 0.717) is 11.1 Å². The van der Waals surface area contributed by atoms with E-state index in [-0.39, 0.29) is 24.5 Å². The second-order valence-corrected chi connectivity index (χ2v) is 10.9. The predicted molar refractivity (Wildman–Crippen MR) is 141 cm³/mol. The summed E-state index contributed by atoms with van der Waals surface area (Å²) in [6.07, 6.45) is -0.775. The molecule has 1 aromatic rings. The van der Waals surface area contributed by atoms with Gasteiger partial charge in [0.15, 0.2) is 0 Å². The van der Waals surface area contributed by atoms with E-state index in [4.69, 9.17) is 9.47 Å². The number of esters is 1. The van der Waals surface area contributed by atoms with Gasteiger partial charge in [0.25, 0.3) is 5.91 Å². The molecule has 1 heterocycles. The van der Waals surface area contributed by atoms with Gasteiger partial charge < -0.3 is 25.2 Å². The number of hydrogen-bond acceptors (Lipinski definition) is 8. The summed E-state index contributed by atoms with van der Waals surface area (Å²) in [6.45, 7) is 10.1. The number of β-lactam (4-membered cyclic amide) rings is 1. The minimum absolute atomic E-state index is 0.0434. The maximum atomic E-state index is 13.4. The first-order valence-corrected chi connectivity index (χ1v) is 13.2. The SMILES string of the molecule is CCOC(=O)CCSC1C(NC(=O)C(NC(=O)OC(C)(C)C)c2ccccc2)C(=O)N1C(C(=O)O)=C(C)C. The number of carbonyl (C=O) groups is 5. The Balaban J connectivity index is 2.29. The van der Waals surface area contributed by atoms with Gasteiger partial charge in [-0.15, -0.1) is 11.8 Å². The molecule has 11 nitrogen and oxygen atoms in total. The number of amides is 3.